The molecule has 1 aliphatic rings. The summed E-state index contributed by atoms with van der Waals surface area (Å²) in [6, 6.07) is 2.13. The van der Waals surface area contributed by atoms with Crippen LogP contribution in [-0.4, -0.2) is 13.1 Å². The van der Waals surface area contributed by atoms with Gasteiger partial charge in [0.05, 0.1) is 12.6 Å². The second-order valence-corrected chi connectivity index (χ2v) is 5.09. The standard InChI is InChI=1S/C12H22N2/c1-12(2,10-14-9-8-13)11-6-4-3-5-7-11/h11,14H,3-7,9-10H2,1-2H3. The van der Waals surface area contributed by atoms with Crippen LogP contribution in [0.2, 0.25) is 0 Å². The SMILES string of the molecule is CC(C)(CNCC#N)C1CCCCC1. The highest BCUT2D eigenvalue weighted by atomic mass is 14.9. The van der Waals surface area contributed by atoms with E-state index in [1.807, 2.05) is 0 Å². The van der Waals surface area contributed by atoms with E-state index < -0.39 is 0 Å². The van der Waals surface area contributed by atoms with E-state index in [4.69, 9.17) is 5.26 Å². The Labute approximate surface area is 87.7 Å². The third-order valence-electron chi connectivity index (χ3n) is 3.50. The molecule has 0 aromatic rings. The number of nitrogens with zero attached hydrogens (tertiary/aromatic N) is 1. The van der Waals surface area contributed by atoms with Crippen LogP contribution < -0.4 is 5.32 Å². The first-order chi connectivity index (χ1) is 6.67. The molecule has 0 atom stereocenters. The van der Waals surface area contributed by atoms with E-state index in [1.54, 1.807) is 0 Å². The largest absolute Gasteiger partial charge is 0.304 e. The topological polar surface area (TPSA) is 35.8 Å². The summed E-state index contributed by atoms with van der Waals surface area (Å²) in [6.07, 6.45) is 6.96. The molecule has 1 N–H and O–H groups in total. The minimum absolute atomic E-state index is 0.358. The molecule has 1 saturated carbocycles. The lowest BCUT2D eigenvalue weighted by Gasteiger charge is -2.37. The number of hydrogen-bond acceptors (Lipinski definition) is 2. The van der Waals surface area contributed by atoms with Crippen LogP contribution in [0.1, 0.15) is 46.0 Å². The Kier molecular flexibility index (Phi) is 4.41. The molecule has 0 aliphatic heterocycles. The van der Waals surface area contributed by atoms with Crippen LogP contribution in [0.5, 0.6) is 0 Å². The van der Waals surface area contributed by atoms with Crippen LogP contribution in [0.25, 0.3) is 0 Å². The second kappa shape index (κ2) is 5.36. The molecule has 0 spiro atoms. The first-order valence-electron chi connectivity index (χ1n) is 5.74. The molecule has 0 aromatic carbocycles. The van der Waals surface area contributed by atoms with Gasteiger partial charge in [-0.2, -0.15) is 5.26 Å². The summed E-state index contributed by atoms with van der Waals surface area (Å²) in [5, 5.41) is 11.7. The van der Waals surface area contributed by atoms with Crippen molar-refractivity contribution in [2.24, 2.45) is 11.3 Å². The van der Waals surface area contributed by atoms with E-state index in [-0.39, 0.29) is 0 Å². The Morgan fingerprint density at radius 2 is 1.93 bits per heavy atom. The molecule has 1 aliphatic carbocycles. The molecule has 0 radical (unpaired) electrons. The monoisotopic (exact) mass is 194 g/mol. The van der Waals surface area contributed by atoms with Gasteiger partial charge in [-0.05, 0) is 24.2 Å². The predicted molar refractivity (Wildman–Crippen MR) is 58.8 cm³/mol. The van der Waals surface area contributed by atoms with Crippen LogP contribution >= 0.6 is 0 Å². The van der Waals surface area contributed by atoms with Crippen LogP contribution in [0.15, 0.2) is 0 Å². The molecule has 0 saturated heterocycles. The van der Waals surface area contributed by atoms with Gasteiger partial charge in [0, 0.05) is 6.54 Å². The van der Waals surface area contributed by atoms with Crippen LogP contribution in [0.4, 0.5) is 0 Å². The zero-order valence-corrected chi connectivity index (χ0v) is 9.47. The average Bonchev–Trinajstić information content (AvgIpc) is 2.19. The number of nitriles is 1. The normalized spacial score (nSPS) is 19.2. The molecule has 14 heavy (non-hydrogen) atoms. The minimum atomic E-state index is 0.358. The molecule has 0 unspecified atom stereocenters. The van der Waals surface area contributed by atoms with Crippen molar-refractivity contribution in [1.82, 2.24) is 5.32 Å². The summed E-state index contributed by atoms with van der Waals surface area (Å²) < 4.78 is 0. The van der Waals surface area contributed by atoms with Crippen molar-refractivity contribution in [3.63, 3.8) is 0 Å². The molecule has 2 nitrogen and oxygen atoms in total. The lowest BCUT2D eigenvalue weighted by atomic mass is 9.71. The first-order valence-corrected chi connectivity index (χ1v) is 5.74. The number of nitrogens with one attached hydrogen (secondary N) is 1. The van der Waals surface area contributed by atoms with Gasteiger partial charge in [0.2, 0.25) is 0 Å². The Hall–Kier alpha value is -0.550. The van der Waals surface area contributed by atoms with Gasteiger partial charge in [-0.15, -0.1) is 0 Å². The summed E-state index contributed by atoms with van der Waals surface area (Å²) in [7, 11) is 0. The molecular weight excluding hydrogens is 172 g/mol. The van der Waals surface area contributed by atoms with Gasteiger partial charge in [-0.3, -0.25) is 0 Å². The van der Waals surface area contributed by atoms with Crippen molar-refractivity contribution in [2.75, 3.05) is 13.1 Å². The molecule has 1 rings (SSSR count). The zero-order valence-electron chi connectivity index (χ0n) is 9.47. The van der Waals surface area contributed by atoms with Gasteiger partial charge >= 0.3 is 0 Å². The molecule has 1 fully saturated rings. The Morgan fingerprint density at radius 3 is 2.50 bits per heavy atom. The average molecular weight is 194 g/mol. The molecule has 0 heterocycles. The van der Waals surface area contributed by atoms with Crippen molar-refractivity contribution in [3.8, 4) is 6.07 Å². The van der Waals surface area contributed by atoms with E-state index in [1.165, 1.54) is 32.1 Å². The smallest absolute Gasteiger partial charge is 0.0841 e. The van der Waals surface area contributed by atoms with Crippen molar-refractivity contribution >= 4 is 0 Å². The maximum Gasteiger partial charge on any atom is 0.0841 e. The third-order valence-corrected chi connectivity index (χ3v) is 3.50. The molecule has 80 valence electrons. The molecular formula is C12H22N2. The quantitative estimate of drug-likeness (QED) is 0.551. The number of rotatable bonds is 4. The van der Waals surface area contributed by atoms with Gasteiger partial charge in [0.25, 0.3) is 0 Å². The number of hydrogen-bond donors (Lipinski definition) is 1. The Bertz CT molecular complexity index is 197. The molecule has 0 bridgehead atoms. The highest BCUT2D eigenvalue weighted by Gasteiger charge is 2.29. The fourth-order valence-electron chi connectivity index (χ4n) is 2.47. The maximum atomic E-state index is 8.46. The van der Waals surface area contributed by atoms with Gasteiger partial charge in [-0.1, -0.05) is 33.1 Å². The van der Waals surface area contributed by atoms with E-state index in [2.05, 4.69) is 25.2 Å². The third kappa shape index (κ3) is 3.31. The Morgan fingerprint density at radius 1 is 1.29 bits per heavy atom. The van der Waals surface area contributed by atoms with Crippen molar-refractivity contribution in [1.29, 1.82) is 5.26 Å². The summed E-state index contributed by atoms with van der Waals surface area (Å²) in [5.41, 5.74) is 0.358. The second-order valence-electron chi connectivity index (χ2n) is 5.09. The zero-order chi connectivity index (χ0) is 10.4. The summed E-state index contributed by atoms with van der Waals surface area (Å²) in [5.74, 6) is 0.849. The fraction of sp³-hybridized carbons (Fsp3) is 0.917. The first kappa shape index (κ1) is 11.5. The van der Waals surface area contributed by atoms with Gasteiger partial charge in [0.1, 0.15) is 0 Å². The summed E-state index contributed by atoms with van der Waals surface area (Å²) in [6.45, 7) is 6.11. The van der Waals surface area contributed by atoms with Gasteiger partial charge < -0.3 is 5.32 Å². The highest BCUT2D eigenvalue weighted by molar-refractivity contribution is 4.84. The van der Waals surface area contributed by atoms with E-state index >= 15 is 0 Å². The van der Waals surface area contributed by atoms with Crippen LogP contribution in [0, 0.1) is 22.7 Å². The minimum Gasteiger partial charge on any atom is -0.304 e. The van der Waals surface area contributed by atoms with Crippen molar-refractivity contribution in [2.45, 2.75) is 46.0 Å². The van der Waals surface area contributed by atoms with Crippen molar-refractivity contribution in [3.05, 3.63) is 0 Å². The lowest BCUT2D eigenvalue weighted by Crippen LogP contribution is -2.36. The predicted octanol–water partition coefficient (Wildman–Crippen LogP) is 2.71. The van der Waals surface area contributed by atoms with E-state index in [9.17, 15) is 0 Å². The van der Waals surface area contributed by atoms with E-state index in [0.29, 0.717) is 12.0 Å². The van der Waals surface area contributed by atoms with Gasteiger partial charge in [0.15, 0.2) is 0 Å². The van der Waals surface area contributed by atoms with Crippen LogP contribution in [-0.2, 0) is 0 Å². The summed E-state index contributed by atoms with van der Waals surface area (Å²) >= 11 is 0. The Balaban J connectivity index is 2.34. The maximum absolute atomic E-state index is 8.46. The van der Waals surface area contributed by atoms with Crippen molar-refractivity contribution < 1.29 is 0 Å². The fourth-order valence-corrected chi connectivity index (χ4v) is 2.47. The highest BCUT2D eigenvalue weighted by Crippen LogP contribution is 2.37. The van der Waals surface area contributed by atoms with E-state index in [0.717, 1.165) is 12.5 Å². The van der Waals surface area contributed by atoms with Gasteiger partial charge in [-0.25, -0.2) is 0 Å². The molecule has 0 aromatic heterocycles. The lowest BCUT2D eigenvalue weighted by molar-refractivity contribution is 0.156. The summed E-state index contributed by atoms with van der Waals surface area (Å²) in [4.78, 5) is 0. The molecule has 0 amide bonds. The molecule has 2 heteroatoms. The van der Waals surface area contributed by atoms with Crippen LogP contribution in [0.3, 0.4) is 0 Å².